The molecule has 0 saturated carbocycles. The van der Waals surface area contributed by atoms with E-state index in [0.29, 0.717) is 0 Å². The van der Waals surface area contributed by atoms with Crippen LogP contribution in [0.1, 0.15) is 84.0 Å². The molecule has 0 saturated heterocycles. The maximum absolute atomic E-state index is 2.67. The van der Waals surface area contributed by atoms with Gasteiger partial charge >= 0.3 is 6.85 Å². The van der Waals surface area contributed by atoms with Crippen molar-refractivity contribution in [1.29, 1.82) is 0 Å². The Kier molecular flexibility index (Phi) is 11.9. The Morgan fingerprint density at radius 3 is 1.61 bits per heavy atom. The lowest BCUT2D eigenvalue weighted by Gasteiger charge is -2.52. The van der Waals surface area contributed by atoms with Crippen LogP contribution in [-0.2, 0) is 18.3 Å². The van der Waals surface area contributed by atoms with Crippen LogP contribution >= 0.6 is 0 Å². The molecule has 13 rings (SSSR count). The predicted molar refractivity (Wildman–Crippen MR) is 319 cm³/mol. The van der Waals surface area contributed by atoms with Gasteiger partial charge in [-0.3, -0.25) is 0 Å². The Balaban J connectivity index is 1.12. The van der Waals surface area contributed by atoms with Crippen LogP contribution in [0.5, 0.6) is 0 Å². The number of aryl methyl sites for hydroxylation is 4. The van der Waals surface area contributed by atoms with E-state index in [1.807, 2.05) is 0 Å². The first kappa shape index (κ1) is 46.5. The monoisotopic (exact) mass is 968 g/mol. The van der Waals surface area contributed by atoms with Crippen molar-refractivity contribution < 1.29 is 0 Å². The van der Waals surface area contributed by atoms with E-state index >= 15 is 0 Å². The van der Waals surface area contributed by atoms with Crippen LogP contribution in [0.15, 0.2) is 231 Å². The third-order valence-corrected chi connectivity index (χ3v) is 16.5. The molecular formula is C71H62BN3. The number of anilines is 8. The summed E-state index contributed by atoms with van der Waals surface area (Å²) in [6.07, 6.45) is 6.91. The minimum atomic E-state index is -0.610. The quantitative estimate of drug-likeness (QED) is 0.107. The summed E-state index contributed by atoms with van der Waals surface area (Å²) in [7, 11) is 0. The lowest BCUT2D eigenvalue weighted by atomic mass is 9.42. The molecule has 75 heavy (non-hydrogen) atoms. The highest BCUT2D eigenvalue weighted by Crippen LogP contribution is 2.60. The van der Waals surface area contributed by atoms with E-state index in [1.54, 1.807) is 0 Å². The molecule has 0 aliphatic carbocycles. The standard InChI is InChI=1S/C71H62BN3/c1-5-7-24-51-36-40-56(41-37-51)73(57-42-38-52(39-43-57)25-8-6-2)59-44-45-60-61-46-53(68-49(3)22-20-23-50(68)4)47-67-69(61)72(75(66(60)48-59)58-30-16-11-17-31-58)64-34-21-33-63-70(64)74(67)65-35-19-18-32-62(65)71(63,54-26-12-9-13-27-54)55-28-14-10-15-29-55/h9-23,26-48H,5-8,24-25H2,1-4H3. The third kappa shape index (κ3) is 7.56. The van der Waals surface area contributed by atoms with Crippen molar-refractivity contribution in [2.45, 2.75) is 71.6 Å². The van der Waals surface area contributed by atoms with Gasteiger partial charge in [0.05, 0.1) is 11.1 Å². The smallest absolute Gasteiger partial charge is 0.333 e. The van der Waals surface area contributed by atoms with E-state index in [0.717, 1.165) is 35.6 Å². The first-order valence-corrected chi connectivity index (χ1v) is 27.3. The van der Waals surface area contributed by atoms with Crippen LogP contribution in [0, 0.1) is 13.8 Å². The highest BCUT2D eigenvalue weighted by atomic mass is 15.2. The molecule has 3 aliphatic rings. The molecule has 0 bridgehead atoms. The topological polar surface area (TPSA) is 9.72 Å². The predicted octanol–water partition coefficient (Wildman–Crippen LogP) is 17.5. The number of benzene rings is 10. The largest absolute Gasteiger partial charge is 0.376 e. The molecular weight excluding hydrogens is 906 g/mol. The van der Waals surface area contributed by atoms with E-state index in [-0.39, 0.29) is 6.85 Å². The zero-order valence-electron chi connectivity index (χ0n) is 43.6. The molecule has 0 radical (unpaired) electrons. The Morgan fingerprint density at radius 2 is 1.00 bits per heavy atom. The first-order chi connectivity index (χ1) is 37.0. The molecule has 3 heterocycles. The molecule has 10 aromatic rings. The van der Waals surface area contributed by atoms with Gasteiger partial charge in [-0.2, -0.15) is 0 Å². The summed E-state index contributed by atoms with van der Waals surface area (Å²) in [6, 6.07) is 87.8. The summed E-state index contributed by atoms with van der Waals surface area (Å²) in [5, 5.41) is 0. The fourth-order valence-corrected chi connectivity index (χ4v) is 13.1. The van der Waals surface area contributed by atoms with Crippen molar-refractivity contribution >= 4 is 63.3 Å². The van der Waals surface area contributed by atoms with Crippen molar-refractivity contribution in [2.75, 3.05) is 14.6 Å². The summed E-state index contributed by atoms with van der Waals surface area (Å²) >= 11 is 0. The van der Waals surface area contributed by atoms with Gasteiger partial charge in [-0.05, 0) is 178 Å². The SMILES string of the molecule is CCCCc1ccc(N(c2ccc(CCCC)cc2)c2ccc3c(c2)N(c2ccccc2)B2c4cccc5c4N(c4ccccc4C5(c4ccccc4)c4ccccc4)c4cc(-c5c(C)cccc5C)cc-3c42)cc1. The average molecular weight is 968 g/mol. The van der Waals surface area contributed by atoms with Crippen molar-refractivity contribution in [1.82, 2.24) is 0 Å². The Morgan fingerprint density at radius 1 is 0.453 bits per heavy atom. The molecule has 0 fully saturated rings. The number of unbranched alkanes of at least 4 members (excludes halogenated alkanes) is 2. The van der Waals surface area contributed by atoms with Gasteiger partial charge in [0.1, 0.15) is 0 Å². The molecule has 10 aromatic carbocycles. The fraction of sp³-hybridized carbons (Fsp3) is 0.155. The summed E-state index contributed by atoms with van der Waals surface area (Å²) in [5.74, 6) is 0. The van der Waals surface area contributed by atoms with Gasteiger partial charge in [-0.25, -0.2) is 0 Å². The summed E-state index contributed by atoms with van der Waals surface area (Å²) in [5.41, 5.74) is 26.8. The number of hydrogen-bond acceptors (Lipinski definition) is 3. The number of nitrogens with zero attached hydrogens (tertiary/aromatic N) is 3. The fourth-order valence-electron chi connectivity index (χ4n) is 13.1. The summed E-state index contributed by atoms with van der Waals surface area (Å²) < 4.78 is 0. The van der Waals surface area contributed by atoms with Crippen molar-refractivity contribution in [3.05, 3.63) is 275 Å². The molecule has 4 heteroatoms. The lowest BCUT2D eigenvalue weighted by Crippen LogP contribution is -2.62. The third-order valence-electron chi connectivity index (χ3n) is 16.5. The van der Waals surface area contributed by atoms with Gasteiger partial charge in [0.15, 0.2) is 0 Å². The van der Waals surface area contributed by atoms with Crippen LogP contribution in [0.3, 0.4) is 0 Å². The van der Waals surface area contributed by atoms with Gasteiger partial charge in [0, 0.05) is 45.4 Å². The molecule has 0 atom stereocenters. The summed E-state index contributed by atoms with van der Waals surface area (Å²) in [6.45, 7) is 8.92. The highest BCUT2D eigenvalue weighted by Gasteiger charge is 2.53. The van der Waals surface area contributed by atoms with E-state index in [4.69, 9.17) is 0 Å². The minimum absolute atomic E-state index is 0.169. The van der Waals surface area contributed by atoms with Crippen LogP contribution in [0.25, 0.3) is 22.3 Å². The van der Waals surface area contributed by atoms with Crippen molar-refractivity contribution in [2.24, 2.45) is 0 Å². The Hall–Kier alpha value is -8.34. The second kappa shape index (κ2) is 19.2. The first-order valence-electron chi connectivity index (χ1n) is 27.3. The number of para-hydroxylation sites is 3. The highest BCUT2D eigenvalue weighted by molar-refractivity contribution is 6.93. The van der Waals surface area contributed by atoms with E-state index in [2.05, 4.69) is 273 Å². The molecule has 0 unspecified atom stereocenters. The lowest BCUT2D eigenvalue weighted by molar-refractivity contribution is 0.732. The molecule has 0 aromatic heterocycles. The zero-order valence-corrected chi connectivity index (χ0v) is 43.6. The van der Waals surface area contributed by atoms with Crippen LogP contribution in [0.4, 0.5) is 45.5 Å². The van der Waals surface area contributed by atoms with Crippen molar-refractivity contribution in [3.8, 4) is 22.3 Å². The molecule has 3 aliphatic heterocycles. The van der Waals surface area contributed by atoms with Gasteiger partial charge in [-0.1, -0.05) is 190 Å². The molecule has 3 nitrogen and oxygen atoms in total. The second-order valence-electron chi connectivity index (χ2n) is 21.0. The Labute approximate surface area is 444 Å². The molecule has 0 N–H and O–H groups in total. The summed E-state index contributed by atoms with van der Waals surface area (Å²) in [4.78, 5) is 7.79. The van der Waals surface area contributed by atoms with Gasteiger partial charge in [0.2, 0.25) is 0 Å². The van der Waals surface area contributed by atoms with Gasteiger partial charge in [-0.15, -0.1) is 0 Å². The van der Waals surface area contributed by atoms with E-state index in [1.165, 1.54) is 126 Å². The number of rotatable bonds is 13. The normalized spacial score (nSPS) is 13.4. The van der Waals surface area contributed by atoms with Crippen molar-refractivity contribution in [3.63, 3.8) is 0 Å². The van der Waals surface area contributed by atoms with Crippen LogP contribution < -0.4 is 25.5 Å². The number of hydrogen-bond donors (Lipinski definition) is 0. The molecule has 364 valence electrons. The Bertz CT molecular complexity index is 3610. The molecule has 0 amide bonds. The van der Waals surface area contributed by atoms with Gasteiger partial charge < -0.3 is 14.6 Å². The van der Waals surface area contributed by atoms with E-state index < -0.39 is 5.41 Å². The van der Waals surface area contributed by atoms with Crippen LogP contribution in [0.2, 0.25) is 0 Å². The average Bonchev–Trinajstić information content (AvgIpc) is 3.49. The second-order valence-corrected chi connectivity index (χ2v) is 21.0. The minimum Gasteiger partial charge on any atom is -0.376 e. The maximum atomic E-state index is 2.67. The van der Waals surface area contributed by atoms with E-state index in [9.17, 15) is 0 Å². The van der Waals surface area contributed by atoms with Gasteiger partial charge in [0.25, 0.3) is 0 Å². The zero-order chi connectivity index (χ0) is 50.6. The maximum Gasteiger partial charge on any atom is 0.333 e. The molecule has 0 spiro atoms. The number of fused-ring (bicyclic) bond motifs is 6. The van der Waals surface area contributed by atoms with Crippen LogP contribution in [-0.4, -0.2) is 6.85 Å².